The van der Waals surface area contributed by atoms with Gasteiger partial charge >= 0.3 is 0 Å². The molecule has 30 heavy (non-hydrogen) atoms. The van der Waals surface area contributed by atoms with E-state index in [1.807, 2.05) is 36.6 Å². The van der Waals surface area contributed by atoms with E-state index in [1.165, 1.54) is 23.9 Å². The van der Waals surface area contributed by atoms with Crippen LogP contribution in [0.15, 0.2) is 75.8 Å². The van der Waals surface area contributed by atoms with Crippen LogP contribution in [0.4, 0.5) is 5.82 Å². The summed E-state index contributed by atoms with van der Waals surface area (Å²) < 4.78 is 12.7. The average Bonchev–Trinajstić information content (AvgIpc) is 3.10. The zero-order chi connectivity index (χ0) is 21.3. The molecule has 7 heteroatoms. The monoisotopic (exact) mass is 403 g/mol. The van der Waals surface area contributed by atoms with E-state index in [1.54, 1.807) is 19.4 Å². The Morgan fingerprint density at radius 2 is 1.93 bits per heavy atom. The Morgan fingerprint density at radius 1 is 1.13 bits per heavy atom. The molecule has 1 aromatic heterocycles. The van der Waals surface area contributed by atoms with Crippen LogP contribution in [0.25, 0.3) is 11.3 Å². The van der Waals surface area contributed by atoms with E-state index in [-0.39, 0.29) is 5.82 Å². The van der Waals surface area contributed by atoms with Crippen molar-refractivity contribution in [3.63, 3.8) is 0 Å². The van der Waals surface area contributed by atoms with Crippen LogP contribution in [0, 0.1) is 0 Å². The lowest BCUT2D eigenvalue weighted by Gasteiger charge is -2.20. The molecule has 0 saturated carbocycles. The molecular formula is C23H21N3O4. The molecule has 0 saturated heterocycles. The molecule has 0 fully saturated rings. The molecule has 0 amide bonds. The highest BCUT2D eigenvalue weighted by molar-refractivity contribution is 5.91. The summed E-state index contributed by atoms with van der Waals surface area (Å²) >= 11 is 0. The molecule has 3 N–H and O–H groups in total. The lowest BCUT2D eigenvalue weighted by molar-refractivity contribution is 0.392. The molecule has 7 nitrogen and oxygen atoms in total. The first-order valence-electron chi connectivity index (χ1n) is 9.30. The topological polar surface area (TPSA) is 99.1 Å². The van der Waals surface area contributed by atoms with Crippen LogP contribution in [-0.2, 0) is 0 Å². The second-order valence-corrected chi connectivity index (χ2v) is 6.85. The summed E-state index contributed by atoms with van der Waals surface area (Å²) in [5.41, 5.74) is 10.1. The van der Waals surface area contributed by atoms with Crippen LogP contribution in [0.1, 0.15) is 12.0 Å². The zero-order valence-electron chi connectivity index (χ0n) is 16.6. The number of fused-ring (bicyclic) bond motifs is 2. The summed E-state index contributed by atoms with van der Waals surface area (Å²) in [7, 11) is 3.13. The number of hydrogen-bond donors (Lipinski definition) is 2. The van der Waals surface area contributed by atoms with Gasteiger partial charge in [0.2, 0.25) is 5.43 Å². The second-order valence-electron chi connectivity index (χ2n) is 6.85. The number of aromatic nitrogens is 1. The minimum absolute atomic E-state index is 0.174. The molecular weight excluding hydrogens is 382 g/mol. The summed E-state index contributed by atoms with van der Waals surface area (Å²) in [4.78, 5) is 16.0. The van der Waals surface area contributed by atoms with E-state index in [4.69, 9.17) is 15.2 Å². The Morgan fingerprint density at radius 3 is 2.70 bits per heavy atom. The normalized spacial score (nSPS) is 14.9. The van der Waals surface area contributed by atoms with Crippen molar-refractivity contribution in [1.82, 2.24) is 4.57 Å². The fraction of sp³-hybridized carbons (Fsp3) is 0.130. The van der Waals surface area contributed by atoms with Crippen molar-refractivity contribution >= 4 is 17.6 Å². The molecule has 2 heterocycles. The molecule has 0 spiro atoms. The van der Waals surface area contributed by atoms with Gasteiger partial charge in [0.15, 0.2) is 5.75 Å². The highest BCUT2D eigenvalue weighted by Gasteiger charge is 2.20. The van der Waals surface area contributed by atoms with E-state index in [9.17, 15) is 9.90 Å². The fourth-order valence-electron chi connectivity index (χ4n) is 3.55. The maximum absolute atomic E-state index is 11.7. The van der Waals surface area contributed by atoms with Gasteiger partial charge in [0.05, 0.1) is 26.1 Å². The van der Waals surface area contributed by atoms with Gasteiger partial charge < -0.3 is 20.3 Å². The number of anilines is 1. The van der Waals surface area contributed by atoms with Gasteiger partial charge in [0.1, 0.15) is 17.3 Å². The van der Waals surface area contributed by atoms with Crippen LogP contribution in [0.3, 0.4) is 0 Å². The number of nitrogen functional groups attached to an aromatic ring is 1. The number of methoxy groups -OCH3 is 2. The fourth-order valence-corrected chi connectivity index (χ4v) is 3.55. The van der Waals surface area contributed by atoms with Gasteiger partial charge in [-0.25, -0.2) is 0 Å². The SMILES string of the molecule is COc1cc(OC)c(-n2cc(O)c(=O)cc2N)cc1C1=CC=CC2=CN=CC=C1C2. The first-order valence-corrected chi connectivity index (χ1v) is 9.30. The number of benzene rings is 1. The largest absolute Gasteiger partial charge is 0.503 e. The predicted octanol–water partition coefficient (Wildman–Crippen LogP) is 3.38. The van der Waals surface area contributed by atoms with E-state index in [0.29, 0.717) is 17.2 Å². The van der Waals surface area contributed by atoms with Crippen molar-refractivity contribution in [3.05, 3.63) is 81.8 Å². The third kappa shape index (κ3) is 3.41. The summed E-state index contributed by atoms with van der Waals surface area (Å²) in [5.74, 6) is 0.867. The molecule has 4 rings (SSSR count). The Hall–Kier alpha value is -4.00. The Labute approximate surface area is 173 Å². The zero-order valence-corrected chi connectivity index (χ0v) is 16.6. The maximum Gasteiger partial charge on any atom is 0.225 e. The summed E-state index contributed by atoms with van der Waals surface area (Å²) in [6.07, 6.45) is 13.6. The molecule has 1 aliphatic heterocycles. The number of nitrogens with two attached hydrogens (primary N) is 1. The lowest BCUT2D eigenvalue weighted by atomic mass is 9.93. The Bertz CT molecular complexity index is 1230. The number of rotatable bonds is 4. The molecule has 0 atom stereocenters. The lowest BCUT2D eigenvalue weighted by Crippen LogP contribution is -2.11. The van der Waals surface area contributed by atoms with Gasteiger partial charge in [-0.05, 0) is 35.3 Å². The third-order valence-corrected chi connectivity index (χ3v) is 5.03. The van der Waals surface area contributed by atoms with Crippen LogP contribution >= 0.6 is 0 Å². The molecule has 0 unspecified atom stereocenters. The molecule has 152 valence electrons. The van der Waals surface area contributed by atoms with E-state index in [2.05, 4.69) is 4.99 Å². The molecule has 1 aromatic carbocycles. The predicted molar refractivity (Wildman–Crippen MR) is 118 cm³/mol. The molecule has 2 bridgehead atoms. The number of aliphatic imine (C=N–C) groups is 1. The van der Waals surface area contributed by atoms with Crippen LogP contribution in [0.5, 0.6) is 17.2 Å². The van der Waals surface area contributed by atoms with E-state index in [0.717, 1.165) is 28.7 Å². The highest BCUT2D eigenvalue weighted by atomic mass is 16.5. The Kier molecular flexibility index (Phi) is 5.02. The minimum Gasteiger partial charge on any atom is -0.503 e. The molecule has 2 aromatic rings. The van der Waals surface area contributed by atoms with Gasteiger partial charge in [0.25, 0.3) is 0 Å². The van der Waals surface area contributed by atoms with E-state index < -0.39 is 11.2 Å². The van der Waals surface area contributed by atoms with E-state index >= 15 is 0 Å². The van der Waals surface area contributed by atoms with Crippen molar-refractivity contribution in [1.29, 1.82) is 0 Å². The number of nitrogens with zero attached hydrogens (tertiary/aromatic N) is 2. The summed E-state index contributed by atoms with van der Waals surface area (Å²) in [6, 6.07) is 4.81. The van der Waals surface area contributed by atoms with Crippen LogP contribution in [-0.4, -0.2) is 30.1 Å². The van der Waals surface area contributed by atoms with Gasteiger partial charge in [0, 0.05) is 30.1 Å². The maximum atomic E-state index is 11.7. The minimum atomic E-state index is -0.546. The van der Waals surface area contributed by atoms with Crippen LogP contribution < -0.4 is 20.6 Å². The van der Waals surface area contributed by atoms with Crippen molar-refractivity contribution < 1.29 is 14.6 Å². The second kappa shape index (κ2) is 7.79. The number of aromatic hydroxyl groups is 1. The molecule has 1 aliphatic carbocycles. The molecule has 2 aliphatic rings. The average molecular weight is 403 g/mol. The Balaban J connectivity index is 1.96. The van der Waals surface area contributed by atoms with Crippen molar-refractivity contribution in [2.75, 3.05) is 20.0 Å². The number of hydrogen-bond acceptors (Lipinski definition) is 6. The number of allylic oxidation sites excluding steroid dienone is 7. The number of ether oxygens (including phenoxy) is 2. The summed E-state index contributed by atoms with van der Waals surface area (Å²) in [5, 5.41) is 9.95. The molecule has 0 radical (unpaired) electrons. The third-order valence-electron chi connectivity index (χ3n) is 5.03. The van der Waals surface area contributed by atoms with Gasteiger partial charge in [-0.3, -0.25) is 14.4 Å². The van der Waals surface area contributed by atoms with Crippen LogP contribution in [0.2, 0.25) is 0 Å². The highest BCUT2D eigenvalue weighted by Crippen LogP contribution is 2.41. The smallest absolute Gasteiger partial charge is 0.225 e. The van der Waals surface area contributed by atoms with Crippen molar-refractivity contribution in [2.24, 2.45) is 4.99 Å². The van der Waals surface area contributed by atoms with Gasteiger partial charge in [-0.2, -0.15) is 0 Å². The quantitative estimate of drug-likeness (QED) is 0.815. The van der Waals surface area contributed by atoms with Gasteiger partial charge in [-0.1, -0.05) is 18.2 Å². The van der Waals surface area contributed by atoms with Crippen molar-refractivity contribution in [3.8, 4) is 22.9 Å². The van der Waals surface area contributed by atoms with Crippen molar-refractivity contribution in [2.45, 2.75) is 6.42 Å². The summed E-state index contributed by atoms with van der Waals surface area (Å²) in [6.45, 7) is 0. The van der Waals surface area contributed by atoms with Gasteiger partial charge in [-0.15, -0.1) is 0 Å². The first kappa shape index (κ1) is 19.3. The first-order chi connectivity index (χ1) is 14.5. The number of pyridine rings is 1. The standard InChI is InChI=1S/C23H21N3O4/c1-29-21-11-22(30-2)18(26-13-20(28)19(27)10-23(26)24)9-17(21)16-5-3-4-14-8-15(16)6-7-25-12-14/h3-7,9-13,28H,8,24H2,1-2H3.